The van der Waals surface area contributed by atoms with Crippen LogP contribution in [0, 0.1) is 5.92 Å². The van der Waals surface area contributed by atoms with Gasteiger partial charge in [-0.05, 0) is 11.5 Å². The fourth-order valence-electron chi connectivity index (χ4n) is 2.51. The van der Waals surface area contributed by atoms with Gasteiger partial charge in [0.05, 0.1) is 6.54 Å². The van der Waals surface area contributed by atoms with Crippen LogP contribution in [0.25, 0.3) is 0 Å². The number of aryl methyl sites for hydroxylation is 1. The van der Waals surface area contributed by atoms with Gasteiger partial charge < -0.3 is 10.6 Å². The summed E-state index contributed by atoms with van der Waals surface area (Å²) in [6.45, 7) is 5.91. The summed E-state index contributed by atoms with van der Waals surface area (Å²) in [4.78, 5) is 8.48. The van der Waals surface area contributed by atoms with E-state index in [4.69, 9.17) is 0 Å². The Morgan fingerprint density at radius 2 is 1.96 bits per heavy atom. The maximum absolute atomic E-state index is 4.28. The minimum absolute atomic E-state index is 0.435. The molecule has 6 nitrogen and oxygen atoms in total. The van der Waals surface area contributed by atoms with Crippen molar-refractivity contribution in [2.45, 2.75) is 26.3 Å². The highest BCUT2D eigenvalue weighted by Crippen LogP contribution is 2.23. The first-order chi connectivity index (χ1) is 11.1. The topological polar surface area (TPSA) is 67.1 Å². The zero-order valence-electron chi connectivity index (χ0n) is 14.3. The Labute approximate surface area is 138 Å². The van der Waals surface area contributed by atoms with Crippen LogP contribution in [0.15, 0.2) is 41.7 Å². The normalized spacial score (nSPS) is 13.2. The molecule has 2 rings (SSSR count). The van der Waals surface area contributed by atoms with Gasteiger partial charge in [-0.2, -0.15) is 5.10 Å². The van der Waals surface area contributed by atoms with Gasteiger partial charge in [-0.15, -0.1) is 0 Å². The summed E-state index contributed by atoms with van der Waals surface area (Å²) in [6.07, 6.45) is 1.55. The molecule has 0 saturated heterocycles. The van der Waals surface area contributed by atoms with Crippen LogP contribution >= 0.6 is 0 Å². The summed E-state index contributed by atoms with van der Waals surface area (Å²) in [5.41, 5.74) is 1.35. The molecule has 0 fully saturated rings. The first-order valence-electron chi connectivity index (χ1n) is 7.94. The summed E-state index contributed by atoms with van der Waals surface area (Å²) in [7, 11) is 3.66. The number of nitrogens with zero attached hydrogens (tertiary/aromatic N) is 4. The molecule has 1 unspecified atom stereocenters. The van der Waals surface area contributed by atoms with Gasteiger partial charge in [-0.25, -0.2) is 4.98 Å². The highest BCUT2D eigenvalue weighted by molar-refractivity contribution is 5.79. The molecule has 0 saturated carbocycles. The third-order valence-electron chi connectivity index (χ3n) is 3.96. The first-order valence-corrected chi connectivity index (χ1v) is 7.94. The van der Waals surface area contributed by atoms with E-state index in [9.17, 15) is 0 Å². The summed E-state index contributed by atoms with van der Waals surface area (Å²) < 4.78 is 1.75. The number of aromatic nitrogens is 3. The molecule has 0 aliphatic carbocycles. The number of hydrogen-bond acceptors (Lipinski definition) is 3. The monoisotopic (exact) mass is 314 g/mol. The van der Waals surface area contributed by atoms with Crippen LogP contribution in [-0.2, 0) is 13.6 Å². The molecule has 124 valence electrons. The van der Waals surface area contributed by atoms with Gasteiger partial charge in [0, 0.05) is 26.6 Å². The summed E-state index contributed by atoms with van der Waals surface area (Å²) in [6, 6.07) is 10.6. The van der Waals surface area contributed by atoms with Gasteiger partial charge in [0.1, 0.15) is 12.2 Å². The van der Waals surface area contributed by atoms with Crippen molar-refractivity contribution in [2.75, 3.05) is 13.6 Å². The molecule has 2 aromatic rings. The minimum atomic E-state index is 0.435. The van der Waals surface area contributed by atoms with Gasteiger partial charge >= 0.3 is 0 Å². The number of hydrogen-bond donors (Lipinski definition) is 2. The van der Waals surface area contributed by atoms with E-state index in [0.717, 1.165) is 18.3 Å². The van der Waals surface area contributed by atoms with Crippen LogP contribution in [0.2, 0.25) is 0 Å². The molecule has 0 radical (unpaired) electrons. The van der Waals surface area contributed by atoms with Crippen molar-refractivity contribution >= 4 is 5.96 Å². The Kier molecular flexibility index (Phi) is 6.14. The molecule has 0 bridgehead atoms. The minimum Gasteiger partial charge on any atom is -0.356 e. The lowest BCUT2D eigenvalue weighted by molar-refractivity contribution is 0.487. The number of rotatable bonds is 6. The number of nitrogens with one attached hydrogen (secondary N) is 2. The molecule has 0 aliphatic heterocycles. The molecule has 1 heterocycles. The predicted molar refractivity (Wildman–Crippen MR) is 93.2 cm³/mol. The number of aliphatic imine (C=N–C) groups is 1. The Balaban J connectivity index is 1.92. The molecular formula is C17H26N6. The Morgan fingerprint density at radius 3 is 2.52 bits per heavy atom. The molecule has 0 amide bonds. The Bertz CT molecular complexity index is 617. The van der Waals surface area contributed by atoms with E-state index in [2.05, 4.69) is 69.9 Å². The largest absolute Gasteiger partial charge is 0.356 e. The van der Waals surface area contributed by atoms with Gasteiger partial charge in [-0.1, -0.05) is 44.2 Å². The second-order valence-electron chi connectivity index (χ2n) is 5.87. The first kappa shape index (κ1) is 17.0. The van der Waals surface area contributed by atoms with E-state index in [1.54, 1.807) is 18.1 Å². The summed E-state index contributed by atoms with van der Waals surface area (Å²) >= 11 is 0. The standard InChI is InChI=1S/C17H26N6/c1-13(2)15(14-8-6-5-7-9-14)10-19-17(18-3)20-11-16-21-12-22-23(16)4/h5-9,12-13,15H,10-11H2,1-4H3,(H2,18,19,20). The van der Waals surface area contributed by atoms with Gasteiger partial charge in [0.2, 0.25) is 0 Å². The SMILES string of the molecule is CN=C(NCc1ncnn1C)NCC(c1ccccc1)C(C)C. The lowest BCUT2D eigenvalue weighted by atomic mass is 9.88. The van der Waals surface area contributed by atoms with Crippen molar-refractivity contribution in [3.05, 3.63) is 48.0 Å². The van der Waals surface area contributed by atoms with E-state index in [1.165, 1.54) is 5.56 Å². The molecule has 23 heavy (non-hydrogen) atoms. The zero-order valence-corrected chi connectivity index (χ0v) is 14.3. The lowest BCUT2D eigenvalue weighted by Crippen LogP contribution is -2.40. The van der Waals surface area contributed by atoms with Crippen LogP contribution in [0.4, 0.5) is 0 Å². The molecule has 0 aliphatic rings. The predicted octanol–water partition coefficient (Wildman–Crippen LogP) is 1.92. The highest BCUT2D eigenvalue weighted by atomic mass is 15.3. The number of benzene rings is 1. The van der Waals surface area contributed by atoms with Crippen LogP contribution in [0.3, 0.4) is 0 Å². The van der Waals surface area contributed by atoms with Crippen molar-refractivity contribution in [3.8, 4) is 0 Å². The Morgan fingerprint density at radius 1 is 1.22 bits per heavy atom. The fraction of sp³-hybridized carbons (Fsp3) is 0.471. The molecular weight excluding hydrogens is 288 g/mol. The van der Waals surface area contributed by atoms with Crippen molar-refractivity contribution in [1.82, 2.24) is 25.4 Å². The average Bonchev–Trinajstić information content (AvgIpc) is 2.96. The molecule has 0 spiro atoms. The second-order valence-corrected chi connectivity index (χ2v) is 5.87. The van der Waals surface area contributed by atoms with E-state index >= 15 is 0 Å². The van der Waals surface area contributed by atoms with E-state index in [-0.39, 0.29) is 0 Å². The van der Waals surface area contributed by atoms with Gasteiger partial charge in [0.15, 0.2) is 5.96 Å². The maximum atomic E-state index is 4.28. The second kappa shape index (κ2) is 8.31. The quantitative estimate of drug-likeness (QED) is 0.631. The van der Waals surface area contributed by atoms with Crippen LogP contribution in [-0.4, -0.2) is 34.3 Å². The van der Waals surface area contributed by atoms with Gasteiger partial charge in [-0.3, -0.25) is 9.67 Å². The zero-order chi connectivity index (χ0) is 16.7. The number of guanidine groups is 1. The summed E-state index contributed by atoms with van der Waals surface area (Å²) in [5, 5.41) is 10.7. The maximum Gasteiger partial charge on any atom is 0.191 e. The molecule has 6 heteroatoms. The van der Waals surface area contributed by atoms with Crippen LogP contribution in [0.5, 0.6) is 0 Å². The van der Waals surface area contributed by atoms with E-state index < -0.39 is 0 Å². The third-order valence-corrected chi connectivity index (χ3v) is 3.96. The van der Waals surface area contributed by atoms with Crippen LogP contribution < -0.4 is 10.6 Å². The summed E-state index contributed by atoms with van der Waals surface area (Å²) in [5.74, 6) is 2.62. The average molecular weight is 314 g/mol. The molecule has 1 aromatic heterocycles. The fourth-order valence-corrected chi connectivity index (χ4v) is 2.51. The molecule has 1 atom stereocenters. The smallest absolute Gasteiger partial charge is 0.191 e. The van der Waals surface area contributed by atoms with Crippen molar-refractivity contribution in [1.29, 1.82) is 0 Å². The van der Waals surface area contributed by atoms with Crippen molar-refractivity contribution in [3.63, 3.8) is 0 Å². The van der Waals surface area contributed by atoms with E-state index in [1.807, 2.05) is 7.05 Å². The van der Waals surface area contributed by atoms with E-state index in [0.29, 0.717) is 18.4 Å². The van der Waals surface area contributed by atoms with Crippen molar-refractivity contribution in [2.24, 2.45) is 18.0 Å². The Hall–Kier alpha value is -2.37. The van der Waals surface area contributed by atoms with Crippen LogP contribution in [0.1, 0.15) is 31.2 Å². The molecule has 2 N–H and O–H groups in total. The van der Waals surface area contributed by atoms with Gasteiger partial charge in [0.25, 0.3) is 0 Å². The lowest BCUT2D eigenvalue weighted by Gasteiger charge is -2.23. The highest BCUT2D eigenvalue weighted by Gasteiger charge is 2.16. The molecule has 1 aromatic carbocycles. The third kappa shape index (κ3) is 4.81. The van der Waals surface area contributed by atoms with Crippen molar-refractivity contribution < 1.29 is 0 Å².